The molecule has 1 atom stereocenters. The van der Waals surface area contributed by atoms with Gasteiger partial charge in [0.15, 0.2) is 0 Å². The molecule has 1 aromatic heterocycles. The van der Waals surface area contributed by atoms with Gasteiger partial charge in [-0.3, -0.25) is 0 Å². The first-order valence-electron chi connectivity index (χ1n) is 5.62. The number of anilines is 2. The average Bonchev–Trinajstić information content (AvgIpc) is 2.23. The van der Waals surface area contributed by atoms with E-state index in [-0.39, 0.29) is 17.4 Å². The van der Waals surface area contributed by atoms with E-state index in [1.54, 1.807) is 0 Å². The summed E-state index contributed by atoms with van der Waals surface area (Å²) in [5.41, 5.74) is 5.78. The average molecular weight is 239 g/mol. The summed E-state index contributed by atoms with van der Waals surface area (Å²) in [4.78, 5) is 11.9. The number of nitrogens with zero attached hydrogens (tertiary/aromatic N) is 3. The lowest BCUT2D eigenvalue weighted by molar-refractivity contribution is 0.274. The Kier molecular flexibility index (Phi) is 4.09. The maximum atomic E-state index is 5.54. The van der Waals surface area contributed by atoms with E-state index in [1.807, 2.05) is 0 Å². The molecule has 0 radical (unpaired) electrons. The Balaban J connectivity index is 2.66. The molecule has 1 unspecified atom stereocenters. The van der Waals surface area contributed by atoms with E-state index in [0.29, 0.717) is 11.9 Å². The molecular weight excluding hydrogens is 218 g/mol. The third kappa shape index (κ3) is 4.05. The Morgan fingerprint density at radius 2 is 1.94 bits per heavy atom. The first-order valence-corrected chi connectivity index (χ1v) is 5.62. The highest BCUT2D eigenvalue weighted by atomic mass is 16.5. The molecule has 6 heteroatoms. The van der Waals surface area contributed by atoms with Gasteiger partial charge in [0.1, 0.15) is 0 Å². The first kappa shape index (κ1) is 13.5. The molecule has 6 nitrogen and oxygen atoms in total. The van der Waals surface area contributed by atoms with Crippen LogP contribution in [0.3, 0.4) is 0 Å². The fourth-order valence-corrected chi connectivity index (χ4v) is 1.09. The van der Waals surface area contributed by atoms with E-state index in [0.717, 1.165) is 6.54 Å². The number of ether oxygens (including phenoxy) is 1. The molecule has 0 saturated heterocycles. The van der Waals surface area contributed by atoms with Crippen molar-refractivity contribution in [1.82, 2.24) is 15.0 Å². The molecular formula is C11H21N5O. The summed E-state index contributed by atoms with van der Waals surface area (Å²) in [6, 6.07) is 0.225. The van der Waals surface area contributed by atoms with Crippen LogP contribution in [0, 0.1) is 11.3 Å². The van der Waals surface area contributed by atoms with E-state index in [2.05, 4.69) is 48.0 Å². The number of aromatic nitrogens is 3. The summed E-state index contributed by atoms with van der Waals surface area (Å²) >= 11 is 0. The minimum absolute atomic E-state index is 0.155. The van der Waals surface area contributed by atoms with E-state index in [9.17, 15) is 0 Å². The standard InChI is InChI=1S/C11H21N5O/c1-7(11(2,3)4)6-13-9-14-8(12)15-10(16-9)17-5/h7H,6H2,1-5H3,(H3,12,13,14,15,16). The molecule has 17 heavy (non-hydrogen) atoms. The molecule has 0 aliphatic carbocycles. The molecule has 96 valence electrons. The lowest BCUT2D eigenvalue weighted by Crippen LogP contribution is -2.25. The highest BCUT2D eigenvalue weighted by molar-refractivity contribution is 5.32. The van der Waals surface area contributed by atoms with E-state index >= 15 is 0 Å². The third-order valence-electron chi connectivity index (χ3n) is 2.86. The Bertz CT molecular complexity index is 375. The van der Waals surface area contributed by atoms with Crippen LogP contribution < -0.4 is 15.8 Å². The Hall–Kier alpha value is -1.59. The quantitative estimate of drug-likeness (QED) is 0.829. The van der Waals surface area contributed by atoms with Crippen molar-refractivity contribution in [2.45, 2.75) is 27.7 Å². The van der Waals surface area contributed by atoms with Crippen molar-refractivity contribution in [2.24, 2.45) is 11.3 Å². The van der Waals surface area contributed by atoms with Crippen LogP contribution in [-0.2, 0) is 0 Å². The van der Waals surface area contributed by atoms with E-state index in [1.165, 1.54) is 7.11 Å². The molecule has 0 amide bonds. The van der Waals surface area contributed by atoms with Crippen LogP contribution in [0.15, 0.2) is 0 Å². The summed E-state index contributed by atoms with van der Waals surface area (Å²) in [6.45, 7) is 9.54. The molecule has 0 spiro atoms. The van der Waals surface area contributed by atoms with E-state index in [4.69, 9.17) is 10.5 Å². The molecule has 1 heterocycles. The molecule has 0 saturated carbocycles. The molecule has 0 bridgehead atoms. The van der Waals surface area contributed by atoms with Gasteiger partial charge in [-0.15, -0.1) is 0 Å². The Morgan fingerprint density at radius 1 is 1.29 bits per heavy atom. The van der Waals surface area contributed by atoms with Crippen LogP contribution in [0.25, 0.3) is 0 Å². The minimum atomic E-state index is 0.155. The van der Waals surface area contributed by atoms with Gasteiger partial charge in [0.25, 0.3) is 0 Å². The van der Waals surface area contributed by atoms with Gasteiger partial charge in [0.2, 0.25) is 11.9 Å². The van der Waals surface area contributed by atoms with Gasteiger partial charge in [-0.25, -0.2) is 0 Å². The second kappa shape index (κ2) is 5.16. The number of nitrogens with one attached hydrogen (secondary N) is 1. The van der Waals surface area contributed by atoms with Crippen molar-refractivity contribution in [3.8, 4) is 6.01 Å². The van der Waals surface area contributed by atoms with Crippen molar-refractivity contribution in [3.63, 3.8) is 0 Å². The molecule has 0 aliphatic rings. The molecule has 1 rings (SSSR count). The number of nitrogens with two attached hydrogens (primary N) is 1. The van der Waals surface area contributed by atoms with Gasteiger partial charge >= 0.3 is 6.01 Å². The zero-order valence-electron chi connectivity index (χ0n) is 11.1. The summed E-state index contributed by atoms with van der Waals surface area (Å²) in [5, 5.41) is 3.14. The van der Waals surface area contributed by atoms with Crippen molar-refractivity contribution in [1.29, 1.82) is 0 Å². The van der Waals surface area contributed by atoms with Crippen molar-refractivity contribution < 1.29 is 4.74 Å². The lowest BCUT2D eigenvalue weighted by atomic mass is 9.82. The van der Waals surface area contributed by atoms with Crippen molar-refractivity contribution in [3.05, 3.63) is 0 Å². The van der Waals surface area contributed by atoms with Crippen molar-refractivity contribution >= 4 is 11.9 Å². The number of hydrogen-bond acceptors (Lipinski definition) is 6. The lowest BCUT2D eigenvalue weighted by Gasteiger charge is -2.27. The van der Waals surface area contributed by atoms with Crippen LogP contribution in [0.1, 0.15) is 27.7 Å². The number of methoxy groups -OCH3 is 1. The maximum Gasteiger partial charge on any atom is 0.322 e. The fourth-order valence-electron chi connectivity index (χ4n) is 1.09. The van der Waals surface area contributed by atoms with E-state index < -0.39 is 0 Å². The predicted molar refractivity (Wildman–Crippen MR) is 67.9 cm³/mol. The topological polar surface area (TPSA) is 86.0 Å². The highest BCUT2D eigenvalue weighted by Crippen LogP contribution is 2.25. The summed E-state index contributed by atoms with van der Waals surface area (Å²) in [7, 11) is 1.50. The third-order valence-corrected chi connectivity index (χ3v) is 2.86. The van der Waals surface area contributed by atoms with Gasteiger partial charge in [-0.05, 0) is 11.3 Å². The molecule has 0 aliphatic heterocycles. The maximum absolute atomic E-state index is 5.54. The largest absolute Gasteiger partial charge is 0.467 e. The second-order valence-electron chi connectivity index (χ2n) is 5.15. The summed E-state index contributed by atoms with van der Waals surface area (Å²) < 4.78 is 4.93. The monoisotopic (exact) mass is 239 g/mol. The minimum Gasteiger partial charge on any atom is -0.467 e. The first-order chi connectivity index (χ1) is 7.82. The Morgan fingerprint density at radius 3 is 2.47 bits per heavy atom. The fraction of sp³-hybridized carbons (Fsp3) is 0.727. The smallest absolute Gasteiger partial charge is 0.322 e. The number of rotatable bonds is 4. The Labute approximate surface area is 102 Å². The molecule has 1 aromatic rings. The van der Waals surface area contributed by atoms with Crippen LogP contribution in [-0.4, -0.2) is 28.6 Å². The second-order valence-corrected chi connectivity index (χ2v) is 5.15. The van der Waals surface area contributed by atoms with Crippen LogP contribution >= 0.6 is 0 Å². The molecule has 0 fully saturated rings. The van der Waals surface area contributed by atoms with Crippen LogP contribution in [0.4, 0.5) is 11.9 Å². The van der Waals surface area contributed by atoms with Crippen LogP contribution in [0.2, 0.25) is 0 Å². The normalized spacial score (nSPS) is 13.2. The zero-order chi connectivity index (χ0) is 13.1. The zero-order valence-corrected chi connectivity index (χ0v) is 11.1. The number of hydrogen-bond donors (Lipinski definition) is 2. The molecule has 0 aromatic carbocycles. The van der Waals surface area contributed by atoms with Gasteiger partial charge in [-0.1, -0.05) is 27.7 Å². The summed E-state index contributed by atoms with van der Waals surface area (Å²) in [5.74, 6) is 1.08. The van der Waals surface area contributed by atoms with Crippen molar-refractivity contribution in [2.75, 3.05) is 24.7 Å². The highest BCUT2D eigenvalue weighted by Gasteiger charge is 2.20. The molecule has 3 N–H and O–H groups in total. The van der Waals surface area contributed by atoms with Gasteiger partial charge < -0.3 is 15.8 Å². The number of nitrogen functional groups attached to an aromatic ring is 1. The predicted octanol–water partition coefficient (Wildman–Crippen LogP) is 1.56. The van der Waals surface area contributed by atoms with Gasteiger partial charge in [0, 0.05) is 6.54 Å². The summed E-state index contributed by atoms with van der Waals surface area (Å²) in [6.07, 6.45) is 0. The van der Waals surface area contributed by atoms with Gasteiger partial charge in [0.05, 0.1) is 7.11 Å². The SMILES string of the molecule is COc1nc(N)nc(NCC(C)C(C)(C)C)n1. The van der Waals surface area contributed by atoms with Crippen LogP contribution in [0.5, 0.6) is 6.01 Å². The van der Waals surface area contributed by atoms with Gasteiger partial charge in [-0.2, -0.15) is 15.0 Å².